The number of hydrogen-bond donors (Lipinski definition) is 2. The van der Waals surface area contributed by atoms with Crippen molar-refractivity contribution in [3.63, 3.8) is 0 Å². The van der Waals surface area contributed by atoms with Gasteiger partial charge in [-0.3, -0.25) is 14.4 Å². The SMILES string of the molecule is CO[C@H](CNC(=O)C(=O)Nc1cc2c3c(c1)CCC(=O)N3CCC2)c1ccccc1Cl. The maximum absolute atomic E-state index is 12.5. The van der Waals surface area contributed by atoms with Crippen LogP contribution in [0.25, 0.3) is 0 Å². The molecular weight excluding hydrogens is 418 g/mol. The van der Waals surface area contributed by atoms with E-state index in [2.05, 4.69) is 10.6 Å². The van der Waals surface area contributed by atoms with E-state index >= 15 is 0 Å². The van der Waals surface area contributed by atoms with Gasteiger partial charge in [0.1, 0.15) is 6.10 Å². The van der Waals surface area contributed by atoms with Crippen LogP contribution >= 0.6 is 11.6 Å². The maximum atomic E-state index is 12.5. The van der Waals surface area contributed by atoms with Gasteiger partial charge in [0.2, 0.25) is 5.91 Å². The molecule has 0 spiro atoms. The highest BCUT2D eigenvalue weighted by Gasteiger charge is 2.30. The third-order valence-corrected chi connectivity index (χ3v) is 6.07. The monoisotopic (exact) mass is 441 g/mol. The molecular formula is C23H24ClN3O4. The Morgan fingerprint density at radius 1 is 1.13 bits per heavy atom. The lowest BCUT2D eigenvalue weighted by atomic mass is 9.91. The van der Waals surface area contributed by atoms with Gasteiger partial charge in [0.25, 0.3) is 0 Å². The molecule has 0 aliphatic carbocycles. The molecule has 0 radical (unpaired) electrons. The van der Waals surface area contributed by atoms with Crippen LogP contribution in [0.2, 0.25) is 5.02 Å². The molecule has 3 amide bonds. The molecule has 2 N–H and O–H groups in total. The molecule has 2 heterocycles. The van der Waals surface area contributed by atoms with Crippen LogP contribution < -0.4 is 15.5 Å². The van der Waals surface area contributed by atoms with Crippen molar-refractivity contribution in [2.75, 3.05) is 30.4 Å². The van der Waals surface area contributed by atoms with Crippen LogP contribution in [-0.4, -0.2) is 37.9 Å². The molecule has 2 aromatic rings. The molecule has 0 saturated heterocycles. The summed E-state index contributed by atoms with van der Waals surface area (Å²) in [6.07, 6.45) is 2.36. The van der Waals surface area contributed by atoms with Gasteiger partial charge in [0, 0.05) is 42.9 Å². The van der Waals surface area contributed by atoms with Crippen molar-refractivity contribution in [3.8, 4) is 0 Å². The van der Waals surface area contributed by atoms with Crippen molar-refractivity contribution < 1.29 is 19.1 Å². The van der Waals surface area contributed by atoms with Crippen LogP contribution in [0.3, 0.4) is 0 Å². The lowest BCUT2D eigenvalue weighted by molar-refractivity contribution is -0.136. The topological polar surface area (TPSA) is 87.7 Å². The third-order valence-electron chi connectivity index (χ3n) is 5.72. The number of nitrogens with zero attached hydrogens (tertiary/aromatic N) is 1. The number of carbonyl (C=O) groups is 3. The predicted molar refractivity (Wildman–Crippen MR) is 118 cm³/mol. The molecule has 0 bridgehead atoms. The average Bonchev–Trinajstić information content (AvgIpc) is 2.77. The first-order valence-corrected chi connectivity index (χ1v) is 10.7. The first-order valence-electron chi connectivity index (χ1n) is 10.3. The quantitative estimate of drug-likeness (QED) is 0.698. The molecule has 162 valence electrons. The minimum atomic E-state index is -0.753. The normalized spacial score (nSPS) is 15.8. The standard InChI is InChI=1S/C23H24ClN3O4/c1-31-19(17-6-2-3-7-18(17)24)13-25-22(29)23(30)26-16-11-14-5-4-10-27-20(28)9-8-15(12-16)21(14)27/h2-3,6-7,11-12,19H,4-5,8-10,13H2,1H3,(H,25,29)(H,26,30)/t19-/m1/s1. The fourth-order valence-electron chi connectivity index (χ4n) is 4.24. The highest BCUT2D eigenvalue weighted by molar-refractivity contribution is 6.39. The zero-order valence-electron chi connectivity index (χ0n) is 17.2. The Labute approximate surface area is 185 Å². The summed E-state index contributed by atoms with van der Waals surface area (Å²) < 4.78 is 5.42. The van der Waals surface area contributed by atoms with Gasteiger partial charge in [-0.2, -0.15) is 0 Å². The molecule has 1 atom stereocenters. The van der Waals surface area contributed by atoms with Crippen molar-refractivity contribution >= 4 is 40.7 Å². The Balaban J connectivity index is 1.42. The Bertz CT molecular complexity index is 1020. The number of hydrogen-bond acceptors (Lipinski definition) is 4. The molecule has 7 nitrogen and oxygen atoms in total. The van der Waals surface area contributed by atoms with Crippen molar-refractivity contribution in [2.45, 2.75) is 31.8 Å². The lowest BCUT2D eigenvalue weighted by Crippen LogP contribution is -2.40. The van der Waals surface area contributed by atoms with E-state index in [-0.39, 0.29) is 12.5 Å². The van der Waals surface area contributed by atoms with E-state index in [9.17, 15) is 14.4 Å². The summed E-state index contributed by atoms with van der Waals surface area (Å²) in [6, 6.07) is 10.9. The Morgan fingerprint density at radius 2 is 1.87 bits per heavy atom. The number of carbonyl (C=O) groups excluding carboxylic acids is 3. The van der Waals surface area contributed by atoms with Crippen LogP contribution in [0.15, 0.2) is 36.4 Å². The number of ether oxygens (including phenoxy) is 1. The number of halogens is 1. The maximum Gasteiger partial charge on any atom is 0.313 e. The van der Waals surface area contributed by atoms with E-state index in [0.29, 0.717) is 23.6 Å². The summed E-state index contributed by atoms with van der Waals surface area (Å²) >= 11 is 6.20. The number of benzene rings is 2. The highest BCUT2D eigenvalue weighted by Crippen LogP contribution is 2.37. The van der Waals surface area contributed by atoms with Gasteiger partial charge >= 0.3 is 11.8 Å². The second kappa shape index (κ2) is 9.08. The van der Waals surface area contributed by atoms with Gasteiger partial charge in [0.15, 0.2) is 0 Å². The first kappa shape index (κ1) is 21.3. The molecule has 0 fully saturated rings. The number of anilines is 2. The average molecular weight is 442 g/mol. The Morgan fingerprint density at radius 3 is 2.61 bits per heavy atom. The van der Waals surface area contributed by atoms with E-state index in [1.807, 2.05) is 35.2 Å². The van der Waals surface area contributed by atoms with Gasteiger partial charge in [-0.1, -0.05) is 29.8 Å². The smallest absolute Gasteiger partial charge is 0.313 e. The van der Waals surface area contributed by atoms with Crippen molar-refractivity contribution in [3.05, 3.63) is 58.1 Å². The van der Waals surface area contributed by atoms with Crippen molar-refractivity contribution in [1.29, 1.82) is 0 Å². The fraction of sp³-hybridized carbons (Fsp3) is 0.348. The summed E-state index contributed by atoms with van der Waals surface area (Å²) in [5.41, 5.74) is 4.35. The van der Waals surface area contributed by atoms with Crippen molar-refractivity contribution in [2.24, 2.45) is 0 Å². The molecule has 0 saturated carbocycles. The van der Waals surface area contributed by atoms with Crippen LogP contribution in [0.4, 0.5) is 11.4 Å². The highest BCUT2D eigenvalue weighted by atomic mass is 35.5. The second-order valence-corrected chi connectivity index (χ2v) is 8.11. The van der Waals surface area contributed by atoms with E-state index in [0.717, 1.165) is 41.8 Å². The number of rotatable bonds is 5. The molecule has 2 aliphatic rings. The van der Waals surface area contributed by atoms with Crippen LogP contribution in [0, 0.1) is 0 Å². The fourth-order valence-corrected chi connectivity index (χ4v) is 4.49. The van der Waals surface area contributed by atoms with Gasteiger partial charge in [-0.25, -0.2) is 0 Å². The van der Waals surface area contributed by atoms with Crippen molar-refractivity contribution in [1.82, 2.24) is 5.32 Å². The van der Waals surface area contributed by atoms with Gasteiger partial charge in [-0.15, -0.1) is 0 Å². The predicted octanol–water partition coefficient (Wildman–Crippen LogP) is 3.01. The minimum Gasteiger partial charge on any atom is -0.375 e. The molecule has 0 aromatic heterocycles. The molecule has 0 unspecified atom stereocenters. The first-order chi connectivity index (χ1) is 15.0. The lowest BCUT2D eigenvalue weighted by Gasteiger charge is -2.35. The Hall–Kier alpha value is -2.90. The zero-order chi connectivity index (χ0) is 22.0. The zero-order valence-corrected chi connectivity index (χ0v) is 18.0. The summed E-state index contributed by atoms with van der Waals surface area (Å²) in [7, 11) is 1.52. The van der Waals surface area contributed by atoms with E-state index < -0.39 is 17.9 Å². The Kier molecular flexibility index (Phi) is 6.25. The van der Waals surface area contributed by atoms with Gasteiger partial charge in [-0.05, 0) is 48.6 Å². The number of nitrogens with one attached hydrogen (secondary N) is 2. The number of methoxy groups -OCH3 is 1. The van der Waals surface area contributed by atoms with Crippen LogP contribution in [0.1, 0.15) is 35.6 Å². The van der Waals surface area contributed by atoms with E-state index in [1.165, 1.54) is 7.11 Å². The van der Waals surface area contributed by atoms with Gasteiger partial charge < -0.3 is 20.3 Å². The number of amides is 3. The summed E-state index contributed by atoms with van der Waals surface area (Å²) in [4.78, 5) is 38.9. The summed E-state index contributed by atoms with van der Waals surface area (Å²) in [5.74, 6) is -1.35. The molecule has 2 aliphatic heterocycles. The number of aryl methyl sites for hydroxylation is 2. The molecule has 8 heteroatoms. The second-order valence-electron chi connectivity index (χ2n) is 7.70. The van der Waals surface area contributed by atoms with E-state index in [1.54, 1.807) is 6.07 Å². The minimum absolute atomic E-state index is 0.110. The van der Waals surface area contributed by atoms with Crippen LogP contribution in [0.5, 0.6) is 0 Å². The third kappa shape index (κ3) is 4.43. The summed E-state index contributed by atoms with van der Waals surface area (Å²) in [5, 5.41) is 5.83. The van der Waals surface area contributed by atoms with Gasteiger partial charge in [0.05, 0.1) is 5.69 Å². The molecule has 31 heavy (non-hydrogen) atoms. The molecule has 4 rings (SSSR count). The van der Waals surface area contributed by atoms with E-state index in [4.69, 9.17) is 16.3 Å². The largest absolute Gasteiger partial charge is 0.375 e. The van der Waals surface area contributed by atoms with Crippen LogP contribution in [-0.2, 0) is 32.0 Å². The summed E-state index contributed by atoms with van der Waals surface area (Å²) in [6.45, 7) is 0.845. The molecule has 2 aromatic carbocycles.